The lowest BCUT2D eigenvalue weighted by Gasteiger charge is -2.23. The van der Waals surface area contributed by atoms with Crippen LogP contribution in [0.3, 0.4) is 0 Å². The topological polar surface area (TPSA) is 76.4 Å². The zero-order valence-corrected chi connectivity index (χ0v) is 10.7. The molecule has 0 spiro atoms. The van der Waals surface area contributed by atoms with Gasteiger partial charge in [-0.1, -0.05) is 0 Å². The maximum Gasteiger partial charge on any atom is 0.237 e. The van der Waals surface area contributed by atoms with Crippen LogP contribution in [0.15, 0.2) is 0 Å². The van der Waals surface area contributed by atoms with Crippen molar-refractivity contribution >= 4 is 5.91 Å². The molecule has 1 aliphatic heterocycles. The molecule has 1 heterocycles. The highest BCUT2D eigenvalue weighted by molar-refractivity contribution is 5.81. The lowest BCUT2D eigenvalue weighted by Crippen LogP contribution is -2.48. The molecule has 0 aliphatic carbocycles. The molecule has 0 aromatic carbocycles. The molecule has 5 nitrogen and oxygen atoms in total. The van der Waals surface area contributed by atoms with Crippen molar-refractivity contribution in [2.45, 2.75) is 44.2 Å². The van der Waals surface area contributed by atoms with E-state index in [9.17, 15) is 4.79 Å². The summed E-state index contributed by atoms with van der Waals surface area (Å²) in [4.78, 5) is 11.8. The Labute approximate surface area is 103 Å². The van der Waals surface area contributed by atoms with Crippen LogP contribution in [-0.4, -0.2) is 44.8 Å². The summed E-state index contributed by atoms with van der Waals surface area (Å²) in [6.07, 6.45) is 4.98. The lowest BCUT2D eigenvalue weighted by atomic mass is 10.1. The van der Waals surface area contributed by atoms with Gasteiger partial charge in [0.15, 0.2) is 0 Å². The summed E-state index contributed by atoms with van der Waals surface area (Å²) in [5, 5.41) is 6.32. The normalized spacial score (nSPS) is 22.9. The quantitative estimate of drug-likeness (QED) is 0.588. The summed E-state index contributed by atoms with van der Waals surface area (Å²) in [6.45, 7) is 2.11. The molecular weight excluding hydrogens is 218 g/mol. The van der Waals surface area contributed by atoms with Crippen molar-refractivity contribution in [1.82, 2.24) is 10.6 Å². The van der Waals surface area contributed by atoms with Crippen molar-refractivity contribution in [1.29, 1.82) is 0 Å². The summed E-state index contributed by atoms with van der Waals surface area (Å²) in [5.41, 5.74) is 5.51. The van der Waals surface area contributed by atoms with Crippen molar-refractivity contribution in [3.8, 4) is 0 Å². The van der Waals surface area contributed by atoms with E-state index in [0.717, 1.165) is 38.6 Å². The first-order chi connectivity index (χ1) is 8.27. The van der Waals surface area contributed by atoms with Gasteiger partial charge in [-0.2, -0.15) is 0 Å². The first-order valence-corrected chi connectivity index (χ1v) is 6.50. The van der Waals surface area contributed by atoms with E-state index in [2.05, 4.69) is 10.6 Å². The van der Waals surface area contributed by atoms with Crippen LogP contribution in [0.1, 0.15) is 32.1 Å². The van der Waals surface area contributed by atoms with E-state index in [1.165, 1.54) is 0 Å². The highest BCUT2D eigenvalue weighted by Crippen LogP contribution is 2.08. The Morgan fingerprint density at radius 3 is 3.12 bits per heavy atom. The molecule has 2 unspecified atom stereocenters. The maximum absolute atomic E-state index is 11.8. The van der Waals surface area contributed by atoms with E-state index >= 15 is 0 Å². The van der Waals surface area contributed by atoms with Gasteiger partial charge in [-0.25, -0.2) is 0 Å². The van der Waals surface area contributed by atoms with E-state index in [-0.39, 0.29) is 18.0 Å². The van der Waals surface area contributed by atoms with Crippen molar-refractivity contribution in [2.24, 2.45) is 5.73 Å². The van der Waals surface area contributed by atoms with Crippen LogP contribution < -0.4 is 16.4 Å². The first kappa shape index (κ1) is 14.4. The fraction of sp³-hybridized carbons (Fsp3) is 0.917. The molecule has 100 valence electrons. The third-order valence-corrected chi connectivity index (χ3v) is 3.10. The van der Waals surface area contributed by atoms with Crippen molar-refractivity contribution < 1.29 is 9.53 Å². The minimum absolute atomic E-state index is 0.0737. The molecule has 0 aromatic rings. The molecule has 5 heteroatoms. The number of ether oxygens (including phenoxy) is 1. The molecule has 0 saturated carbocycles. The second-order valence-electron chi connectivity index (χ2n) is 4.59. The molecule has 1 saturated heterocycles. The van der Waals surface area contributed by atoms with Crippen LogP contribution >= 0.6 is 0 Å². The number of carbonyl (C=O) groups excluding carboxylic acids is 1. The Kier molecular flexibility index (Phi) is 7.16. The molecule has 0 bridgehead atoms. The molecule has 1 rings (SSSR count). The number of methoxy groups -OCH3 is 1. The van der Waals surface area contributed by atoms with E-state index in [1.54, 1.807) is 7.11 Å². The number of hydrogen-bond acceptors (Lipinski definition) is 4. The van der Waals surface area contributed by atoms with Crippen molar-refractivity contribution in [3.05, 3.63) is 0 Å². The average Bonchev–Trinajstić information content (AvgIpc) is 2.52. The molecule has 1 amide bonds. The van der Waals surface area contributed by atoms with Gasteiger partial charge in [0.05, 0.1) is 12.6 Å². The van der Waals surface area contributed by atoms with Gasteiger partial charge in [0.2, 0.25) is 5.91 Å². The monoisotopic (exact) mass is 243 g/mol. The SMILES string of the molecule is COCC(CCCN)NC1CCCCNC1=O. The smallest absolute Gasteiger partial charge is 0.237 e. The number of rotatable bonds is 7. The number of nitrogens with one attached hydrogen (secondary N) is 2. The molecular formula is C12H25N3O2. The van der Waals surface area contributed by atoms with Gasteiger partial charge in [0.25, 0.3) is 0 Å². The maximum atomic E-state index is 11.8. The molecule has 2 atom stereocenters. The number of nitrogens with two attached hydrogens (primary N) is 1. The van der Waals surface area contributed by atoms with Crippen LogP contribution in [-0.2, 0) is 9.53 Å². The second kappa shape index (κ2) is 8.44. The molecule has 4 N–H and O–H groups in total. The third kappa shape index (κ3) is 5.48. The summed E-state index contributed by atoms with van der Waals surface area (Å²) in [6, 6.07) is 0.146. The largest absolute Gasteiger partial charge is 0.383 e. The zero-order valence-electron chi connectivity index (χ0n) is 10.7. The predicted molar refractivity (Wildman–Crippen MR) is 67.7 cm³/mol. The average molecular weight is 243 g/mol. The predicted octanol–water partition coefficient (Wildman–Crippen LogP) is -0.00140. The second-order valence-corrected chi connectivity index (χ2v) is 4.59. The highest BCUT2D eigenvalue weighted by Gasteiger charge is 2.23. The van der Waals surface area contributed by atoms with Crippen LogP contribution in [0.4, 0.5) is 0 Å². The highest BCUT2D eigenvalue weighted by atomic mass is 16.5. The van der Waals surface area contributed by atoms with Gasteiger partial charge in [0.1, 0.15) is 0 Å². The molecule has 0 radical (unpaired) electrons. The fourth-order valence-electron chi connectivity index (χ4n) is 2.16. The van der Waals surface area contributed by atoms with Gasteiger partial charge in [-0.05, 0) is 38.6 Å². The van der Waals surface area contributed by atoms with E-state index in [0.29, 0.717) is 13.2 Å². The van der Waals surface area contributed by atoms with E-state index < -0.39 is 0 Å². The fourth-order valence-corrected chi connectivity index (χ4v) is 2.16. The summed E-state index contributed by atoms with van der Waals surface area (Å²) in [7, 11) is 1.68. The number of amides is 1. The Morgan fingerprint density at radius 2 is 2.41 bits per heavy atom. The van der Waals surface area contributed by atoms with Gasteiger partial charge in [-0.3, -0.25) is 4.79 Å². The number of carbonyl (C=O) groups is 1. The van der Waals surface area contributed by atoms with Crippen LogP contribution in [0.2, 0.25) is 0 Å². The Morgan fingerprint density at radius 1 is 1.59 bits per heavy atom. The molecule has 17 heavy (non-hydrogen) atoms. The molecule has 1 fully saturated rings. The van der Waals surface area contributed by atoms with Crippen molar-refractivity contribution in [3.63, 3.8) is 0 Å². The van der Waals surface area contributed by atoms with Gasteiger partial charge < -0.3 is 21.1 Å². The third-order valence-electron chi connectivity index (χ3n) is 3.10. The zero-order chi connectivity index (χ0) is 12.5. The standard InChI is InChI=1S/C12H25N3O2/c1-17-9-10(5-4-7-13)15-11-6-2-3-8-14-12(11)16/h10-11,15H,2-9,13H2,1H3,(H,14,16). The van der Waals surface area contributed by atoms with Crippen LogP contribution in [0.25, 0.3) is 0 Å². The van der Waals surface area contributed by atoms with Gasteiger partial charge >= 0.3 is 0 Å². The Bertz CT molecular complexity index is 224. The van der Waals surface area contributed by atoms with Crippen LogP contribution in [0, 0.1) is 0 Å². The minimum Gasteiger partial charge on any atom is -0.383 e. The minimum atomic E-state index is -0.0737. The molecule has 0 aromatic heterocycles. The lowest BCUT2D eigenvalue weighted by molar-refractivity contribution is -0.123. The summed E-state index contributed by atoms with van der Waals surface area (Å²) < 4.78 is 5.17. The van der Waals surface area contributed by atoms with E-state index in [1.807, 2.05) is 0 Å². The summed E-state index contributed by atoms with van der Waals surface area (Å²) in [5.74, 6) is 0.122. The first-order valence-electron chi connectivity index (χ1n) is 6.50. The van der Waals surface area contributed by atoms with Gasteiger partial charge in [0, 0.05) is 19.7 Å². The Hall–Kier alpha value is -0.650. The van der Waals surface area contributed by atoms with E-state index in [4.69, 9.17) is 10.5 Å². The Balaban J connectivity index is 2.42. The van der Waals surface area contributed by atoms with Crippen LogP contribution in [0.5, 0.6) is 0 Å². The van der Waals surface area contributed by atoms with Gasteiger partial charge in [-0.15, -0.1) is 0 Å². The summed E-state index contributed by atoms with van der Waals surface area (Å²) >= 11 is 0. The number of hydrogen-bond donors (Lipinski definition) is 3. The molecule has 1 aliphatic rings. The van der Waals surface area contributed by atoms with Crippen molar-refractivity contribution in [2.75, 3.05) is 26.8 Å².